The number of rotatable bonds is 6. The van der Waals surface area contributed by atoms with E-state index in [1.165, 1.54) is 5.56 Å². The highest BCUT2D eigenvalue weighted by Crippen LogP contribution is 2.13. The van der Waals surface area contributed by atoms with E-state index in [-0.39, 0.29) is 24.0 Å². The number of nitrogens with one attached hydrogen (secondary N) is 1. The molecule has 0 heterocycles. The number of benzene rings is 1. The highest BCUT2D eigenvalue weighted by atomic mass is 16.5. The lowest BCUT2D eigenvalue weighted by Crippen LogP contribution is -2.42. The number of hydrogen-bond acceptors (Lipinski definition) is 3. The second kappa shape index (κ2) is 7.14. The van der Waals surface area contributed by atoms with Crippen molar-refractivity contribution in [1.82, 2.24) is 5.32 Å². The van der Waals surface area contributed by atoms with Crippen LogP contribution < -0.4 is 15.8 Å². The van der Waals surface area contributed by atoms with Crippen LogP contribution >= 0.6 is 0 Å². The standard InChI is InChI=1S/C15H24N2O2/c1-10-5-7-14(8-6-10)19-11(2)9-17-15(18)12(3)13(4)16/h5-8,11-13H,9,16H2,1-4H3,(H,17,18). The summed E-state index contributed by atoms with van der Waals surface area (Å²) in [5.41, 5.74) is 6.88. The topological polar surface area (TPSA) is 64.3 Å². The van der Waals surface area contributed by atoms with Gasteiger partial charge in [0.1, 0.15) is 11.9 Å². The number of carbonyl (C=O) groups excluding carboxylic acids is 1. The van der Waals surface area contributed by atoms with E-state index in [0.717, 1.165) is 5.75 Å². The van der Waals surface area contributed by atoms with E-state index in [1.807, 2.05) is 52.0 Å². The van der Waals surface area contributed by atoms with Gasteiger partial charge in [-0.05, 0) is 32.9 Å². The van der Waals surface area contributed by atoms with Gasteiger partial charge in [-0.2, -0.15) is 0 Å². The first-order valence-corrected chi connectivity index (χ1v) is 6.66. The molecule has 4 heteroatoms. The number of ether oxygens (including phenoxy) is 1. The van der Waals surface area contributed by atoms with Crippen molar-refractivity contribution in [2.45, 2.75) is 39.8 Å². The van der Waals surface area contributed by atoms with Gasteiger partial charge in [0.15, 0.2) is 0 Å². The minimum absolute atomic E-state index is 0.0330. The lowest BCUT2D eigenvalue weighted by molar-refractivity contribution is -0.125. The van der Waals surface area contributed by atoms with Crippen molar-refractivity contribution in [2.75, 3.05) is 6.54 Å². The molecule has 0 bridgehead atoms. The minimum Gasteiger partial charge on any atom is -0.489 e. The Labute approximate surface area is 115 Å². The summed E-state index contributed by atoms with van der Waals surface area (Å²) in [4.78, 5) is 11.7. The molecule has 3 N–H and O–H groups in total. The van der Waals surface area contributed by atoms with Crippen LogP contribution in [0.25, 0.3) is 0 Å². The van der Waals surface area contributed by atoms with Crippen LogP contribution in [-0.2, 0) is 4.79 Å². The normalized spacial score (nSPS) is 15.4. The zero-order valence-corrected chi connectivity index (χ0v) is 12.1. The smallest absolute Gasteiger partial charge is 0.224 e. The molecule has 0 aliphatic heterocycles. The van der Waals surface area contributed by atoms with Crippen molar-refractivity contribution in [2.24, 2.45) is 11.7 Å². The van der Waals surface area contributed by atoms with Gasteiger partial charge in [-0.3, -0.25) is 4.79 Å². The Hall–Kier alpha value is -1.55. The Bertz CT molecular complexity index is 401. The second-order valence-electron chi connectivity index (χ2n) is 5.13. The third-order valence-electron chi connectivity index (χ3n) is 3.12. The van der Waals surface area contributed by atoms with Crippen LogP contribution in [0.4, 0.5) is 0 Å². The van der Waals surface area contributed by atoms with Gasteiger partial charge in [-0.15, -0.1) is 0 Å². The van der Waals surface area contributed by atoms with E-state index in [9.17, 15) is 4.79 Å². The molecule has 1 rings (SSSR count). The zero-order chi connectivity index (χ0) is 14.4. The molecule has 0 saturated heterocycles. The van der Waals surface area contributed by atoms with Crippen molar-refractivity contribution in [3.8, 4) is 5.75 Å². The van der Waals surface area contributed by atoms with Gasteiger partial charge < -0.3 is 15.8 Å². The van der Waals surface area contributed by atoms with Gasteiger partial charge in [-0.25, -0.2) is 0 Å². The molecule has 106 valence electrons. The number of aryl methyl sites for hydroxylation is 1. The highest BCUT2D eigenvalue weighted by molar-refractivity contribution is 5.78. The summed E-state index contributed by atoms with van der Waals surface area (Å²) >= 11 is 0. The number of hydrogen-bond donors (Lipinski definition) is 2. The van der Waals surface area contributed by atoms with Crippen molar-refractivity contribution in [3.63, 3.8) is 0 Å². The fourth-order valence-electron chi connectivity index (χ4n) is 1.53. The molecule has 1 aromatic rings. The van der Waals surface area contributed by atoms with E-state index in [4.69, 9.17) is 10.5 Å². The first-order chi connectivity index (χ1) is 8.90. The molecule has 4 nitrogen and oxygen atoms in total. The van der Waals surface area contributed by atoms with Crippen LogP contribution in [0.3, 0.4) is 0 Å². The van der Waals surface area contributed by atoms with E-state index < -0.39 is 0 Å². The Balaban J connectivity index is 2.37. The molecule has 1 amide bonds. The quantitative estimate of drug-likeness (QED) is 0.824. The highest BCUT2D eigenvalue weighted by Gasteiger charge is 2.17. The monoisotopic (exact) mass is 264 g/mol. The van der Waals surface area contributed by atoms with E-state index in [2.05, 4.69) is 5.32 Å². The maximum atomic E-state index is 11.7. The lowest BCUT2D eigenvalue weighted by atomic mass is 10.0. The Morgan fingerprint density at radius 2 is 1.84 bits per heavy atom. The molecule has 1 aromatic carbocycles. The molecule has 0 aliphatic carbocycles. The van der Waals surface area contributed by atoms with E-state index >= 15 is 0 Å². The third kappa shape index (κ3) is 5.30. The predicted octanol–water partition coefficient (Wildman–Crippen LogP) is 1.86. The SMILES string of the molecule is Cc1ccc(OC(C)CNC(=O)C(C)C(C)N)cc1. The van der Waals surface area contributed by atoms with Crippen LogP contribution in [0, 0.1) is 12.8 Å². The zero-order valence-electron chi connectivity index (χ0n) is 12.1. The average Bonchev–Trinajstić information content (AvgIpc) is 2.37. The summed E-state index contributed by atoms with van der Waals surface area (Å²) < 4.78 is 5.71. The number of nitrogens with two attached hydrogens (primary N) is 1. The molecular weight excluding hydrogens is 240 g/mol. The summed E-state index contributed by atoms with van der Waals surface area (Å²) in [7, 11) is 0. The maximum Gasteiger partial charge on any atom is 0.224 e. The fraction of sp³-hybridized carbons (Fsp3) is 0.533. The molecule has 3 unspecified atom stereocenters. The van der Waals surface area contributed by atoms with Crippen LogP contribution in [0.2, 0.25) is 0 Å². The molecule has 0 fully saturated rings. The Morgan fingerprint density at radius 1 is 1.26 bits per heavy atom. The molecule has 0 saturated carbocycles. The van der Waals surface area contributed by atoms with Crippen molar-refractivity contribution >= 4 is 5.91 Å². The molecule has 0 radical (unpaired) electrons. The molecule has 0 aromatic heterocycles. The summed E-state index contributed by atoms with van der Waals surface area (Å²) in [6.45, 7) is 8.09. The van der Waals surface area contributed by atoms with Gasteiger partial charge in [0.05, 0.1) is 6.54 Å². The van der Waals surface area contributed by atoms with E-state index in [0.29, 0.717) is 6.54 Å². The van der Waals surface area contributed by atoms with E-state index in [1.54, 1.807) is 0 Å². The second-order valence-corrected chi connectivity index (χ2v) is 5.13. The van der Waals surface area contributed by atoms with Crippen molar-refractivity contribution < 1.29 is 9.53 Å². The van der Waals surface area contributed by atoms with Crippen LogP contribution in [0.1, 0.15) is 26.3 Å². The van der Waals surface area contributed by atoms with Gasteiger partial charge in [0.25, 0.3) is 0 Å². The summed E-state index contributed by atoms with van der Waals surface area (Å²) in [5.74, 6) is 0.591. The molecular formula is C15H24N2O2. The predicted molar refractivity (Wildman–Crippen MR) is 77.1 cm³/mol. The lowest BCUT2D eigenvalue weighted by Gasteiger charge is -2.19. The molecule has 0 aliphatic rings. The minimum atomic E-state index is -0.188. The summed E-state index contributed by atoms with van der Waals surface area (Å²) in [5, 5.41) is 2.85. The number of carbonyl (C=O) groups is 1. The summed E-state index contributed by atoms with van der Waals surface area (Å²) in [6.07, 6.45) is -0.0769. The Morgan fingerprint density at radius 3 is 2.37 bits per heavy atom. The first-order valence-electron chi connectivity index (χ1n) is 6.66. The van der Waals surface area contributed by atoms with Gasteiger partial charge in [-0.1, -0.05) is 24.6 Å². The molecule has 19 heavy (non-hydrogen) atoms. The van der Waals surface area contributed by atoms with Gasteiger partial charge in [0.2, 0.25) is 5.91 Å². The van der Waals surface area contributed by atoms with Crippen LogP contribution in [0.5, 0.6) is 5.75 Å². The summed E-state index contributed by atoms with van der Waals surface area (Å²) in [6, 6.07) is 7.71. The third-order valence-corrected chi connectivity index (χ3v) is 3.12. The molecule has 0 spiro atoms. The van der Waals surface area contributed by atoms with Crippen molar-refractivity contribution in [1.29, 1.82) is 0 Å². The van der Waals surface area contributed by atoms with Crippen molar-refractivity contribution in [3.05, 3.63) is 29.8 Å². The first kappa shape index (κ1) is 15.5. The Kier molecular flexibility index (Phi) is 5.83. The molecule has 3 atom stereocenters. The maximum absolute atomic E-state index is 11.7. The van der Waals surface area contributed by atoms with Crippen LogP contribution in [0.15, 0.2) is 24.3 Å². The fourth-order valence-corrected chi connectivity index (χ4v) is 1.53. The average molecular weight is 264 g/mol. The van der Waals surface area contributed by atoms with Gasteiger partial charge in [0, 0.05) is 12.0 Å². The number of amides is 1. The van der Waals surface area contributed by atoms with Crippen LogP contribution in [-0.4, -0.2) is 24.6 Å². The van der Waals surface area contributed by atoms with Gasteiger partial charge >= 0.3 is 0 Å². The largest absolute Gasteiger partial charge is 0.489 e.